The number of hydrogen-bond acceptors (Lipinski definition) is 5. The molecule has 4 aliphatic carbocycles. The van der Waals surface area contributed by atoms with Crippen molar-refractivity contribution in [1.82, 2.24) is 0 Å². The summed E-state index contributed by atoms with van der Waals surface area (Å²) in [5, 5.41) is 42.3. The quantitative estimate of drug-likeness (QED) is 0.524. The van der Waals surface area contributed by atoms with E-state index in [1.807, 2.05) is 6.92 Å². The molecule has 0 aromatic heterocycles. The minimum Gasteiger partial charge on any atom is -0.396 e. The molecule has 5 heteroatoms. The van der Waals surface area contributed by atoms with Gasteiger partial charge in [0.15, 0.2) is 5.79 Å². The van der Waals surface area contributed by atoms with Crippen LogP contribution in [0.3, 0.4) is 0 Å². The molecule has 0 bridgehead atoms. The number of ether oxygens (including phenoxy) is 1. The maximum absolute atomic E-state index is 11.4. The highest BCUT2D eigenvalue weighted by molar-refractivity contribution is 5.15. The van der Waals surface area contributed by atoms with Gasteiger partial charge < -0.3 is 25.2 Å². The van der Waals surface area contributed by atoms with Crippen molar-refractivity contribution < 1.29 is 25.2 Å². The van der Waals surface area contributed by atoms with Gasteiger partial charge in [-0.05, 0) is 97.7 Å². The van der Waals surface area contributed by atoms with Gasteiger partial charge in [-0.25, -0.2) is 0 Å². The lowest BCUT2D eigenvalue weighted by Crippen LogP contribution is -2.58. The highest BCUT2D eigenvalue weighted by Gasteiger charge is 2.68. The Hall–Kier alpha value is -0.200. The lowest BCUT2D eigenvalue weighted by molar-refractivity contribution is -0.224. The molecule has 5 aliphatic rings. The normalized spacial score (nSPS) is 57.9. The Balaban J connectivity index is 1.37. The van der Waals surface area contributed by atoms with Gasteiger partial charge in [-0.15, -0.1) is 0 Å². The fourth-order valence-corrected chi connectivity index (χ4v) is 9.80. The van der Waals surface area contributed by atoms with Crippen LogP contribution in [-0.2, 0) is 4.74 Å². The second kappa shape index (κ2) is 7.91. The third-order valence-corrected chi connectivity index (χ3v) is 11.7. The molecule has 13 atom stereocenters. The van der Waals surface area contributed by atoms with Crippen molar-refractivity contribution in [3.05, 3.63) is 0 Å². The number of aliphatic hydroxyl groups is 4. The Kier molecular flexibility index (Phi) is 5.82. The van der Waals surface area contributed by atoms with Gasteiger partial charge in [0.2, 0.25) is 0 Å². The fraction of sp³-hybridized carbons (Fsp3) is 1.00. The van der Waals surface area contributed by atoms with Crippen LogP contribution in [0.2, 0.25) is 0 Å². The molecule has 32 heavy (non-hydrogen) atoms. The lowest BCUT2D eigenvalue weighted by Gasteiger charge is -2.62. The first kappa shape index (κ1) is 23.5. The van der Waals surface area contributed by atoms with E-state index in [9.17, 15) is 20.4 Å². The third kappa shape index (κ3) is 3.28. The van der Waals surface area contributed by atoms with E-state index in [1.54, 1.807) is 0 Å². The van der Waals surface area contributed by atoms with E-state index in [1.165, 1.54) is 12.8 Å². The summed E-state index contributed by atoms with van der Waals surface area (Å²) in [6.07, 6.45) is 7.81. The maximum atomic E-state index is 11.4. The van der Waals surface area contributed by atoms with Crippen molar-refractivity contribution in [3.63, 3.8) is 0 Å². The second-order valence-electron chi connectivity index (χ2n) is 13.1. The minimum absolute atomic E-state index is 0.0895. The Morgan fingerprint density at radius 2 is 1.69 bits per heavy atom. The Morgan fingerprint density at radius 1 is 0.969 bits per heavy atom. The topological polar surface area (TPSA) is 90.2 Å². The molecule has 0 aromatic rings. The van der Waals surface area contributed by atoms with E-state index in [0.717, 1.165) is 38.5 Å². The molecule has 184 valence electrons. The van der Waals surface area contributed by atoms with Gasteiger partial charge in [0, 0.05) is 18.9 Å². The van der Waals surface area contributed by atoms with Crippen LogP contribution >= 0.6 is 0 Å². The second-order valence-corrected chi connectivity index (χ2v) is 13.1. The third-order valence-electron chi connectivity index (χ3n) is 11.7. The molecule has 4 N–H and O–H groups in total. The number of aliphatic hydroxyl groups excluding tert-OH is 3. The molecular weight excluding hydrogens is 404 g/mol. The van der Waals surface area contributed by atoms with Crippen molar-refractivity contribution >= 4 is 0 Å². The highest BCUT2D eigenvalue weighted by atomic mass is 16.6. The van der Waals surface area contributed by atoms with Crippen LogP contribution in [0, 0.1) is 52.3 Å². The molecule has 0 amide bonds. The molecule has 1 aliphatic heterocycles. The Bertz CT molecular complexity index is 714. The molecule has 0 aromatic carbocycles. The van der Waals surface area contributed by atoms with Crippen LogP contribution in [-0.4, -0.2) is 51.1 Å². The van der Waals surface area contributed by atoms with Gasteiger partial charge in [-0.2, -0.15) is 0 Å². The van der Waals surface area contributed by atoms with Gasteiger partial charge in [0.05, 0.1) is 18.3 Å². The minimum atomic E-state index is -1.08. The number of fused-ring (bicyclic) bond motifs is 7. The van der Waals surface area contributed by atoms with Gasteiger partial charge in [-0.3, -0.25) is 0 Å². The van der Waals surface area contributed by atoms with E-state index < -0.39 is 5.79 Å². The summed E-state index contributed by atoms with van der Waals surface area (Å²) in [6.45, 7) is 9.21. The molecule has 0 spiro atoms. The largest absolute Gasteiger partial charge is 0.396 e. The SMILES string of the molecule is CC(CO)CCC1(O)O[C@H]2C[C@H]3[C@@H]4CC(O)C5CC(O)CC[C@]5(C)[C@H]4CC[C@]3(C)[C@H]2[C@@H]1C. The van der Waals surface area contributed by atoms with E-state index in [0.29, 0.717) is 30.1 Å². The van der Waals surface area contributed by atoms with Gasteiger partial charge >= 0.3 is 0 Å². The summed E-state index contributed by atoms with van der Waals surface area (Å²) in [7, 11) is 0. The molecule has 1 saturated heterocycles. The highest BCUT2D eigenvalue weighted by Crippen LogP contribution is 2.70. The van der Waals surface area contributed by atoms with E-state index in [-0.39, 0.29) is 53.5 Å². The van der Waals surface area contributed by atoms with Crippen LogP contribution in [0.5, 0.6) is 0 Å². The molecule has 5 nitrogen and oxygen atoms in total. The van der Waals surface area contributed by atoms with Crippen molar-refractivity contribution in [2.45, 2.75) is 110 Å². The average molecular weight is 451 g/mol. The summed E-state index contributed by atoms with van der Waals surface area (Å²) in [6, 6.07) is 0. The van der Waals surface area contributed by atoms with E-state index in [4.69, 9.17) is 4.74 Å². The fourth-order valence-electron chi connectivity index (χ4n) is 9.80. The van der Waals surface area contributed by atoms with Gasteiger partial charge in [0.1, 0.15) is 0 Å². The first-order valence-corrected chi connectivity index (χ1v) is 13.4. The van der Waals surface area contributed by atoms with E-state index in [2.05, 4.69) is 20.8 Å². The summed E-state index contributed by atoms with van der Waals surface area (Å²) >= 11 is 0. The Morgan fingerprint density at radius 3 is 2.41 bits per heavy atom. The number of hydrogen-bond donors (Lipinski definition) is 4. The van der Waals surface area contributed by atoms with Crippen LogP contribution in [0.4, 0.5) is 0 Å². The molecule has 4 saturated carbocycles. The van der Waals surface area contributed by atoms with Crippen LogP contribution in [0.15, 0.2) is 0 Å². The van der Waals surface area contributed by atoms with Crippen molar-refractivity contribution in [2.75, 3.05) is 6.61 Å². The zero-order chi connectivity index (χ0) is 23.1. The first-order valence-electron chi connectivity index (χ1n) is 13.4. The molecule has 5 fully saturated rings. The molecule has 5 rings (SSSR count). The van der Waals surface area contributed by atoms with Crippen LogP contribution < -0.4 is 0 Å². The van der Waals surface area contributed by atoms with Crippen LogP contribution in [0.1, 0.15) is 85.5 Å². The summed E-state index contributed by atoms with van der Waals surface area (Å²) < 4.78 is 6.47. The lowest BCUT2D eigenvalue weighted by atomic mass is 9.43. The molecule has 0 radical (unpaired) electrons. The molecule has 5 unspecified atom stereocenters. The average Bonchev–Trinajstić information content (AvgIpc) is 3.18. The zero-order valence-electron chi connectivity index (χ0n) is 20.5. The first-order chi connectivity index (χ1) is 15.0. The standard InChI is InChI=1S/C27H46O5/c1-15(14-28)5-10-27(31)16(2)24-23(32-27)13-20-18-12-22(30)21-11-17(29)6-8-25(21,3)19(18)7-9-26(20,24)4/h15-24,28-31H,5-14H2,1-4H3/t15?,16-,17?,18+,19-,20-,21?,22?,23-,24-,25+,26-,27?/m0/s1. The number of rotatable bonds is 4. The van der Waals surface area contributed by atoms with Crippen molar-refractivity contribution in [1.29, 1.82) is 0 Å². The predicted octanol–water partition coefficient (Wildman–Crippen LogP) is 3.72. The van der Waals surface area contributed by atoms with Crippen LogP contribution in [0.25, 0.3) is 0 Å². The van der Waals surface area contributed by atoms with E-state index >= 15 is 0 Å². The maximum Gasteiger partial charge on any atom is 0.168 e. The molecule has 1 heterocycles. The monoisotopic (exact) mass is 450 g/mol. The summed E-state index contributed by atoms with van der Waals surface area (Å²) in [5.41, 5.74) is 0.281. The van der Waals surface area contributed by atoms with Crippen molar-refractivity contribution in [2.24, 2.45) is 52.3 Å². The Labute approximate surface area is 193 Å². The van der Waals surface area contributed by atoms with Gasteiger partial charge in [-0.1, -0.05) is 27.7 Å². The summed E-state index contributed by atoms with van der Waals surface area (Å²) in [5.74, 6) is 1.46. The van der Waals surface area contributed by atoms with Crippen molar-refractivity contribution in [3.8, 4) is 0 Å². The zero-order valence-corrected chi connectivity index (χ0v) is 20.5. The van der Waals surface area contributed by atoms with Gasteiger partial charge in [0.25, 0.3) is 0 Å². The molecular formula is C27H46O5. The predicted molar refractivity (Wildman–Crippen MR) is 122 cm³/mol. The summed E-state index contributed by atoms with van der Waals surface area (Å²) in [4.78, 5) is 0. The smallest absolute Gasteiger partial charge is 0.168 e.